The number of carbonyl (C=O) groups excluding carboxylic acids is 1. The van der Waals surface area contributed by atoms with E-state index in [-0.39, 0.29) is 10.8 Å². The second kappa shape index (κ2) is 9.19. The summed E-state index contributed by atoms with van der Waals surface area (Å²) in [5.41, 5.74) is 1.67. The number of rotatable bonds is 7. The molecule has 0 fully saturated rings. The fraction of sp³-hybridized carbons (Fsp3) is 0.136. The van der Waals surface area contributed by atoms with E-state index in [1.165, 1.54) is 31.4 Å². The molecule has 0 aliphatic heterocycles. The Morgan fingerprint density at radius 3 is 2.27 bits per heavy atom. The van der Waals surface area contributed by atoms with Gasteiger partial charge in [-0.1, -0.05) is 35.9 Å². The molecule has 0 unspecified atom stereocenters. The fourth-order valence-corrected chi connectivity index (χ4v) is 4.06. The van der Waals surface area contributed by atoms with Gasteiger partial charge in [0.15, 0.2) is 0 Å². The second-order valence-corrected chi connectivity index (χ2v) is 8.74. The summed E-state index contributed by atoms with van der Waals surface area (Å²) in [5.74, 6) is 0.197. The molecule has 0 aliphatic rings. The number of nitrogens with one attached hydrogen (secondary N) is 1. The molecule has 0 aromatic heterocycles. The van der Waals surface area contributed by atoms with E-state index in [9.17, 15) is 13.2 Å². The van der Waals surface area contributed by atoms with Crippen LogP contribution in [0.3, 0.4) is 0 Å². The number of methoxy groups -OCH3 is 1. The predicted molar refractivity (Wildman–Crippen MR) is 117 cm³/mol. The number of para-hydroxylation sites is 2. The third-order valence-corrected chi connectivity index (χ3v) is 6.08. The number of hydrogen-bond donors (Lipinski definition) is 1. The molecule has 3 aromatic carbocycles. The molecule has 1 N–H and O–H groups in total. The van der Waals surface area contributed by atoms with Crippen molar-refractivity contribution in [2.24, 2.45) is 0 Å². The van der Waals surface area contributed by atoms with Gasteiger partial charge < -0.3 is 9.64 Å². The molecule has 0 atom stereocenters. The molecule has 8 heteroatoms. The molecule has 0 radical (unpaired) electrons. The van der Waals surface area contributed by atoms with Crippen LogP contribution in [0, 0.1) is 0 Å². The zero-order valence-electron chi connectivity index (χ0n) is 16.5. The summed E-state index contributed by atoms with van der Waals surface area (Å²) in [6, 6.07) is 19.8. The monoisotopic (exact) mass is 444 g/mol. The highest BCUT2D eigenvalue weighted by molar-refractivity contribution is 7.92. The average molecular weight is 445 g/mol. The lowest BCUT2D eigenvalue weighted by Gasteiger charge is -2.18. The number of amides is 1. The van der Waals surface area contributed by atoms with Crippen LogP contribution in [0.15, 0.2) is 77.7 Å². The zero-order chi connectivity index (χ0) is 21.7. The van der Waals surface area contributed by atoms with E-state index < -0.39 is 10.0 Å². The Morgan fingerprint density at radius 1 is 1.00 bits per heavy atom. The first kappa shape index (κ1) is 21.7. The van der Waals surface area contributed by atoms with E-state index in [2.05, 4.69) is 4.72 Å². The predicted octanol–water partition coefficient (Wildman–Crippen LogP) is 4.42. The van der Waals surface area contributed by atoms with E-state index in [1.54, 1.807) is 48.3 Å². The van der Waals surface area contributed by atoms with Crippen LogP contribution in [0.4, 0.5) is 5.69 Å². The smallest absolute Gasteiger partial charge is 0.262 e. The first-order valence-corrected chi connectivity index (χ1v) is 10.9. The van der Waals surface area contributed by atoms with Gasteiger partial charge in [0.25, 0.3) is 15.9 Å². The van der Waals surface area contributed by atoms with Crippen molar-refractivity contribution in [3.05, 3.63) is 88.9 Å². The Kier molecular flexibility index (Phi) is 6.64. The summed E-state index contributed by atoms with van der Waals surface area (Å²) in [4.78, 5) is 14.3. The summed E-state index contributed by atoms with van der Waals surface area (Å²) < 4.78 is 33.0. The Hall–Kier alpha value is -3.03. The van der Waals surface area contributed by atoms with Gasteiger partial charge in [-0.05, 0) is 54.1 Å². The van der Waals surface area contributed by atoms with Crippen LogP contribution < -0.4 is 9.46 Å². The Bertz CT molecular complexity index is 1130. The number of sulfonamides is 1. The van der Waals surface area contributed by atoms with Gasteiger partial charge in [0.2, 0.25) is 0 Å². The van der Waals surface area contributed by atoms with Crippen LogP contribution in [0.1, 0.15) is 15.9 Å². The standard InChI is InChI=1S/C22H21ClN2O4S/c1-25(15-16-7-11-18(23)12-8-16)22(26)17-9-13-19(14-10-17)30(27,28)24-20-5-3-4-6-21(20)29-2/h3-14,24H,15H2,1-2H3. The number of nitrogens with zero attached hydrogens (tertiary/aromatic N) is 1. The van der Waals surface area contributed by atoms with Crippen molar-refractivity contribution in [1.29, 1.82) is 0 Å². The van der Waals surface area contributed by atoms with E-state index in [0.29, 0.717) is 28.6 Å². The van der Waals surface area contributed by atoms with Crippen LogP contribution in [0.2, 0.25) is 5.02 Å². The van der Waals surface area contributed by atoms with Crippen molar-refractivity contribution in [3.63, 3.8) is 0 Å². The van der Waals surface area contributed by atoms with Crippen LogP contribution >= 0.6 is 11.6 Å². The topological polar surface area (TPSA) is 75.7 Å². The zero-order valence-corrected chi connectivity index (χ0v) is 18.1. The number of anilines is 1. The lowest BCUT2D eigenvalue weighted by atomic mass is 10.1. The third kappa shape index (κ3) is 5.11. The van der Waals surface area contributed by atoms with Crippen molar-refractivity contribution >= 4 is 33.2 Å². The van der Waals surface area contributed by atoms with Gasteiger partial charge in [0.05, 0.1) is 17.7 Å². The lowest BCUT2D eigenvalue weighted by molar-refractivity contribution is 0.0785. The van der Waals surface area contributed by atoms with E-state index in [0.717, 1.165) is 5.56 Å². The number of ether oxygens (including phenoxy) is 1. The number of hydrogen-bond acceptors (Lipinski definition) is 4. The van der Waals surface area contributed by atoms with E-state index in [4.69, 9.17) is 16.3 Å². The maximum atomic E-state index is 12.7. The van der Waals surface area contributed by atoms with Crippen LogP contribution in [-0.4, -0.2) is 33.4 Å². The molecule has 0 bridgehead atoms. The molecule has 3 aromatic rings. The minimum atomic E-state index is -3.83. The highest BCUT2D eigenvalue weighted by atomic mass is 35.5. The second-order valence-electron chi connectivity index (χ2n) is 6.62. The molecule has 30 heavy (non-hydrogen) atoms. The average Bonchev–Trinajstić information content (AvgIpc) is 2.75. The quantitative estimate of drug-likeness (QED) is 0.585. The van der Waals surface area contributed by atoms with Gasteiger partial charge in [-0.3, -0.25) is 9.52 Å². The van der Waals surface area contributed by atoms with Crippen LogP contribution in [0.25, 0.3) is 0 Å². The van der Waals surface area contributed by atoms with Gasteiger partial charge >= 0.3 is 0 Å². The maximum Gasteiger partial charge on any atom is 0.262 e. The van der Waals surface area contributed by atoms with E-state index in [1.807, 2.05) is 12.1 Å². The van der Waals surface area contributed by atoms with E-state index >= 15 is 0 Å². The Morgan fingerprint density at radius 2 is 1.63 bits per heavy atom. The van der Waals surface area contributed by atoms with Crippen molar-refractivity contribution < 1.29 is 17.9 Å². The van der Waals surface area contributed by atoms with Gasteiger partial charge in [0, 0.05) is 24.2 Å². The normalized spacial score (nSPS) is 11.0. The summed E-state index contributed by atoms with van der Waals surface area (Å²) >= 11 is 5.88. The largest absolute Gasteiger partial charge is 0.495 e. The van der Waals surface area contributed by atoms with Gasteiger partial charge in [0.1, 0.15) is 5.75 Å². The minimum Gasteiger partial charge on any atom is -0.495 e. The molecule has 0 saturated carbocycles. The summed E-state index contributed by atoms with van der Waals surface area (Å²) in [6.45, 7) is 0.408. The molecule has 3 rings (SSSR count). The van der Waals surface area contributed by atoms with Crippen molar-refractivity contribution in [1.82, 2.24) is 4.90 Å². The number of carbonyl (C=O) groups is 1. The molecule has 0 saturated heterocycles. The minimum absolute atomic E-state index is 0.0466. The van der Waals surface area contributed by atoms with Crippen molar-refractivity contribution in [2.45, 2.75) is 11.4 Å². The Labute approximate surface area is 181 Å². The Balaban J connectivity index is 1.73. The van der Waals surface area contributed by atoms with Crippen molar-refractivity contribution in [2.75, 3.05) is 18.9 Å². The maximum absolute atomic E-state index is 12.7. The molecule has 0 aliphatic carbocycles. The summed E-state index contributed by atoms with van der Waals surface area (Å²) in [6.07, 6.45) is 0. The third-order valence-electron chi connectivity index (χ3n) is 4.44. The molecule has 0 heterocycles. The van der Waals surface area contributed by atoms with Crippen LogP contribution in [0.5, 0.6) is 5.75 Å². The van der Waals surface area contributed by atoms with Gasteiger partial charge in [-0.2, -0.15) is 0 Å². The fourth-order valence-electron chi connectivity index (χ4n) is 2.87. The molecular formula is C22H21ClN2O4S. The number of benzene rings is 3. The summed E-state index contributed by atoms with van der Waals surface area (Å²) in [7, 11) is -0.677. The first-order valence-electron chi connectivity index (χ1n) is 9.06. The lowest BCUT2D eigenvalue weighted by Crippen LogP contribution is -2.26. The van der Waals surface area contributed by atoms with Gasteiger partial charge in [-0.25, -0.2) is 8.42 Å². The SMILES string of the molecule is COc1ccccc1NS(=O)(=O)c1ccc(C(=O)N(C)Cc2ccc(Cl)cc2)cc1. The highest BCUT2D eigenvalue weighted by Gasteiger charge is 2.18. The first-order chi connectivity index (χ1) is 14.3. The summed E-state index contributed by atoms with van der Waals surface area (Å²) in [5, 5.41) is 0.631. The van der Waals surface area contributed by atoms with Gasteiger partial charge in [-0.15, -0.1) is 0 Å². The number of halogens is 1. The van der Waals surface area contributed by atoms with Crippen molar-refractivity contribution in [3.8, 4) is 5.75 Å². The molecular weight excluding hydrogens is 424 g/mol. The molecule has 156 valence electrons. The molecule has 0 spiro atoms. The molecule has 1 amide bonds. The van der Waals surface area contributed by atoms with Crippen LogP contribution in [-0.2, 0) is 16.6 Å². The molecule has 6 nitrogen and oxygen atoms in total. The highest BCUT2D eigenvalue weighted by Crippen LogP contribution is 2.26.